The van der Waals surface area contributed by atoms with Crippen LogP contribution in [0.5, 0.6) is 11.5 Å². The van der Waals surface area contributed by atoms with Crippen molar-refractivity contribution in [2.75, 3.05) is 40.5 Å². The normalized spacial score (nSPS) is 19.5. The number of nitrogens with zero attached hydrogens (tertiary/aromatic N) is 2. The summed E-state index contributed by atoms with van der Waals surface area (Å²) in [6.45, 7) is 0.959. The molecule has 0 radical (unpaired) electrons. The van der Waals surface area contributed by atoms with Crippen LogP contribution in [0.2, 0.25) is 0 Å². The van der Waals surface area contributed by atoms with Crippen molar-refractivity contribution in [2.45, 2.75) is 47.9 Å². The van der Waals surface area contributed by atoms with Crippen molar-refractivity contribution in [1.82, 2.24) is 19.6 Å². The molecule has 0 saturated heterocycles. The Labute approximate surface area is 362 Å². The average molecular weight is 893 g/mol. The van der Waals surface area contributed by atoms with E-state index >= 15 is 0 Å². The number of allylic oxidation sites excluding steroid dienone is 2. The summed E-state index contributed by atoms with van der Waals surface area (Å²) in [6.07, 6.45) is 7.93. The summed E-state index contributed by atoms with van der Waals surface area (Å²) in [5, 5.41) is 18.6. The number of sulfonamides is 2. The van der Waals surface area contributed by atoms with Crippen LogP contribution in [0, 0.1) is 11.8 Å². The molecule has 0 fully saturated rings. The molecule has 0 aliphatic carbocycles. The van der Waals surface area contributed by atoms with E-state index in [2.05, 4.69) is 0 Å². The van der Waals surface area contributed by atoms with Crippen molar-refractivity contribution in [3.8, 4) is 11.5 Å². The first-order valence-electron chi connectivity index (χ1n) is 19.7. The molecule has 2 aliphatic heterocycles. The first-order chi connectivity index (χ1) is 29.9. The molecule has 4 aromatic carbocycles. The number of hydrogen-bond donors (Lipinski definition) is 4. The van der Waals surface area contributed by atoms with Gasteiger partial charge in [0.05, 0.1) is 50.4 Å². The molecule has 4 unspecified atom stereocenters. The minimum atomic E-state index is -4.03. The van der Waals surface area contributed by atoms with Gasteiger partial charge in [-0.05, 0) is 72.5 Å². The quantitative estimate of drug-likeness (QED) is 0.0686. The summed E-state index contributed by atoms with van der Waals surface area (Å²) >= 11 is 0. The summed E-state index contributed by atoms with van der Waals surface area (Å²) in [4.78, 5) is 25.2. The number of methoxy groups -OCH3 is 2. The Morgan fingerprint density at radius 2 is 0.919 bits per heavy atom. The van der Waals surface area contributed by atoms with Crippen molar-refractivity contribution in [3.05, 3.63) is 145 Å². The van der Waals surface area contributed by atoms with E-state index < -0.39 is 55.8 Å². The maximum absolute atomic E-state index is 13.4. The Morgan fingerprint density at radius 3 is 1.24 bits per heavy atom. The Bertz CT molecular complexity index is 2150. The first-order valence-corrected chi connectivity index (χ1v) is 22.6. The number of benzene rings is 4. The van der Waals surface area contributed by atoms with Gasteiger partial charge in [-0.3, -0.25) is 20.0 Å². The molecular formula is C44H52N4O12S2. The van der Waals surface area contributed by atoms with Crippen molar-refractivity contribution in [2.24, 2.45) is 11.8 Å². The van der Waals surface area contributed by atoms with E-state index in [0.717, 1.165) is 19.7 Å². The van der Waals surface area contributed by atoms with Crippen molar-refractivity contribution >= 4 is 31.9 Å². The third-order valence-corrected chi connectivity index (χ3v) is 14.0. The summed E-state index contributed by atoms with van der Waals surface area (Å²) < 4.78 is 77.4. The van der Waals surface area contributed by atoms with Gasteiger partial charge in [-0.15, -0.1) is 0 Å². The lowest BCUT2D eigenvalue weighted by Gasteiger charge is -2.32. The topological polar surface area (TPSA) is 210 Å². The van der Waals surface area contributed by atoms with E-state index in [9.17, 15) is 36.8 Å². The van der Waals surface area contributed by atoms with E-state index in [1.165, 1.54) is 38.5 Å². The number of hydrogen-bond acceptors (Lipinski definition) is 12. The van der Waals surface area contributed by atoms with E-state index in [-0.39, 0.29) is 36.1 Å². The van der Waals surface area contributed by atoms with Crippen molar-refractivity contribution in [1.29, 1.82) is 0 Å². The lowest BCUT2D eigenvalue weighted by atomic mass is 9.97. The van der Waals surface area contributed by atoms with Crippen molar-refractivity contribution in [3.63, 3.8) is 0 Å². The van der Waals surface area contributed by atoms with Crippen LogP contribution in [0.1, 0.15) is 24.0 Å². The second-order valence-electron chi connectivity index (χ2n) is 14.3. The fraction of sp³-hybridized carbons (Fsp3) is 0.318. The van der Waals surface area contributed by atoms with Gasteiger partial charge in [-0.25, -0.2) is 27.8 Å². The van der Waals surface area contributed by atoms with E-state index in [0.29, 0.717) is 37.6 Å². The number of rotatable bonds is 16. The molecule has 2 amide bonds. The molecule has 62 heavy (non-hydrogen) atoms. The van der Waals surface area contributed by atoms with Crippen molar-refractivity contribution < 1.29 is 55.8 Å². The maximum Gasteiger partial charge on any atom is 0.262 e. The van der Waals surface area contributed by atoms with Gasteiger partial charge >= 0.3 is 0 Å². The molecule has 6 rings (SSSR count). The van der Waals surface area contributed by atoms with Gasteiger partial charge in [-0.2, -0.15) is 8.61 Å². The van der Waals surface area contributed by atoms with Crippen LogP contribution in [0.25, 0.3) is 0 Å². The van der Waals surface area contributed by atoms with Crippen LogP contribution in [0.3, 0.4) is 0 Å². The van der Waals surface area contributed by atoms with Crippen LogP contribution in [0.15, 0.2) is 143 Å². The molecule has 0 saturated carbocycles. The molecule has 18 heteroatoms. The van der Waals surface area contributed by atoms with Crippen LogP contribution >= 0.6 is 0 Å². The van der Waals surface area contributed by atoms with Gasteiger partial charge in [0.25, 0.3) is 11.8 Å². The van der Waals surface area contributed by atoms with Crippen LogP contribution in [0.4, 0.5) is 0 Å². The highest BCUT2D eigenvalue weighted by Crippen LogP contribution is 2.30. The molecule has 4 aromatic rings. The number of carbonyl (C=O) groups excluding carboxylic acids is 2. The highest BCUT2D eigenvalue weighted by Gasteiger charge is 2.42. The van der Waals surface area contributed by atoms with E-state index in [4.69, 9.17) is 18.9 Å². The van der Waals surface area contributed by atoms with Gasteiger partial charge in [0.1, 0.15) is 23.6 Å². The molecule has 2 aliphatic rings. The molecule has 0 aromatic heterocycles. The summed E-state index contributed by atoms with van der Waals surface area (Å²) in [7, 11) is -5.07. The Hall–Kier alpha value is -5.44. The van der Waals surface area contributed by atoms with Crippen LogP contribution in [-0.4, -0.2) is 100 Å². The van der Waals surface area contributed by atoms with Crippen LogP contribution in [-0.2, 0) is 52.3 Å². The van der Waals surface area contributed by atoms with Gasteiger partial charge in [0.2, 0.25) is 20.0 Å². The monoisotopic (exact) mass is 892 g/mol. The van der Waals surface area contributed by atoms with Gasteiger partial charge < -0.3 is 18.9 Å². The second kappa shape index (κ2) is 23.1. The van der Waals surface area contributed by atoms with E-state index in [1.807, 2.05) is 72.8 Å². The largest absolute Gasteiger partial charge is 0.497 e. The number of ether oxygens (including phenoxy) is 4. The molecule has 2 heterocycles. The predicted molar refractivity (Wildman–Crippen MR) is 228 cm³/mol. The molecule has 4 N–H and O–H groups in total. The summed E-state index contributed by atoms with van der Waals surface area (Å²) in [5.41, 5.74) is 5.19. The van der Waals surface area contributed by atoms with Crippen LogP contribution < -0.4 is 20.4 Å². The summed E-state index contributed by atoms with van der Waals surface area (Å²) in [5.74, 6) is -1.52. The second-order valence-corrected chi connectivity index (χ2v) is 18.1. The predicted octanol–water partition coefficient (Wildman–Crippen LogP) is 4.71. The third kappa shape index (κ3) is 12.4. The standard InChI is InChI=1S/2C22H26N2O6S/c2*1-29-19-10-12-20(13-11-19)31(27,28)24-14-6-5-9-18(21(24)22(25)23-26)16-30-15-17-7-3-2-4-8-17/h2*2-8,10-13,18,21,26H,9,14-16H2,1H3,(H,23,25). The number of amides is 2. The van der Waals surface area contributed by atoms with Gasteiger partial charge in [0.15, 0.2) is 0 Å². The third-order valence-electron chi connectivity index (χ3n) is 10.3. The Kier molecular flexibility index (Phi) is 17.8. The fourth-order valence-electron chi connectivity index (χ4n) is 7.06. The van der Waals surface area contributed by atoms with E-state index in [1.54, 1.807) is 47.4 Å². The zero-order valence-corrected chi connectivity index (χ0v) is 36.0. The summed E-state index contributed by atoms with van der Waals surface area (Å²) in [6, 6.07) is 28.7. The molecular weight excluding hydrogens is 841 g/mol. The number of nitrogens with one attached hydrogen (secondary N) is 2. The van der Waals surface area contributed by atoms with Gasteiger partial charge in [-0.1, -0.05) is 85.0 Å². The maximum atomic E-state index is 13.4. The number of hydroxylamine groups is 2. The molecule has 332 valence electrons. The zero-order valence-electron chi connectivity index (χ0n) is 34.4. The molecule has 4 atom stereocenters. The lowest BCUT2D eigenvalue weighted by Crippen LogP contribution is -2.53. The Morgan fingerprint density at radius 1 is 0.565 bits per heavy atom. The van der Waals surface area contributed by atoms with Gasteiger partial charge in [0, 0.05) is 24.9 Å². The Balaban J connectivity index is 0.000000234. The fourth-order valence-corrected chi connectivity index (χ4v) is 10.3. The molecule has 16 nitrogen and oxygen atoms in total. The highest BCUT2D eigenvalue weighted by atomic mass is 32.2. The first kappa shape index (κ1) is 47.6. The molecule has 0 bridgehead atoms. The zero-order chi connectivity index (χ0) is 44.5. The minimum absolute atomic E-state index is 0.00162. The molecule has 0 spiro atoms. The number of carbonyl (C=O) groups is 2. The lowest BCUT2D eigenvalue weighted by molar-refractivity contribution is -0.136. The highest BCUT2D eigenvalue weighted by molar-refractivity contribution is 7.89. The smallest absolute Gasteiger partial charge is 0.262 e. The SMILES string of the molecule is COc1ccc(S(=O)(=O)N2CC=CCC(COCc3ccccc3)C2C(=O)NO)cc1.COc1ccc(S(=O)(=O)N2CC=CCC(COCc3ccccc3)C2C(=O)NO)cc1. The minimum Gasteiger partial charge on any atom is -0.497 e. The average Bonchev–Trinajstić information content (AvgIpc) is 3.67.